The first-order valence-corrected chi connectivity index (χ1v) is 11.4. The number of hydrogen-bond acceptors (Lipinski definition) is 5. The van der Waals surface area contributed by atoms with Gasteiger partial charge in [-0.1, -0.05) is 48.5 Å². The van der Waals surface area contributed by atoms with E-state index >= 15 is 0 Å². The largest absolute Gasteiger partial charge is 0.343 e. The highest BCUT2D eigenvalue weighted by Crippen LogP contribution is 2.35. The normalized spacial score (nSPS) is 11.4. The van der Waals surface area contributed by atoms with Crippen molar-refractivity contribution in [1.82, 2.24) is 9.55 Å². The highest BCUT2D eigenvalue weighted by Gasteiger charge is 2.25. The molecule has 0 atom stereocenters. The number of benzene rings is 2. The van der Waals surface area contributed by atoms with Crippen molar-refractivity contribution in [2.24, 2.45) is 7.05 Å². The van der Waals surface area contributed by atoms with Crippen LogP contribution < -0.4 is 4.90 Å². The highest BCUT2D eigenvalue weighted by molar-refractivity contribution is 7.14. The summed E-state index contributed by atoms with van der Waals surface area (Å²) in [6, 6.07) is 19.4. The Morgan fingerprint density at radius 3 is 2.52 bits per heavy atom. The van der Waals surface area contributed by atoms with Gasteiger partial charge in [0.1, 0.15) is 11.6 Å². The van der Waals surface area contributed by atoms with E-state index in [-0.39, 0.29) is 17.3 Å². The van der Waals surface area contributed by atoms with Gasteiger partial charge < -0.3 is 4.57 Å². The second-order valence-electron chi connectivity index (χ2n) is 7.48. The average molecular weight is 455 g/mol. The molecule has 1 amide bonds. The molecule has 0 aliphatic carbocycles. The molecule has 0 bridgehead atoms. The number of aryl methyl sites for hydroxylation is 1. The smallest absolute Gasteiger partial charge is 0.225 e. The predicted molar refractivity (Wildman–Crippen MR) is 132 cm³/mol. The van der Waals surface area contributed by atoms with Crippen LogP contribution in [0.25, 0.3) is 28.2 Å². The molecule has 4 rings (SSSR count). The molecule has 7 heteroatoms. The number of fused-ring (bicyclic) bond motifs is 1. The Balaban J connectivity index is 1.84. The number of ketones is 1. The van der Waals surface area contributed by atoms with Gasteiger partial charge in [0.15, 0.2) is 5.13 Å². The minimum absolute atomic E-state index is 0.00809. The lowest BCUT2D eigenvalue weighted by Gasteiger charge is -2.14. The van der Waals surface area contributed by atoms with Gasteiger partial charge in [0.2, 0.25) is 11.7 Å². The molecule has 0 N–H and O–H groups in total. The number of carbonyl (C=O) groups excluding carboxylic acids is 2. The number of amides is 1. The first kappa shape index (κ1) is 22.2. The first-order valence-electron chi connectivity index (χ1n) is 10.5. The number of Topliss-reactive ketones (excluding diaryl/α,β-unsaturated/α-hetero) is 1. The van der Waals surface area contributed by atoms with Crippen LogP contribution in [0.15, 0.2) is 65.6 Å². The minimum atomic E-state index is -0.360. The Labute approximate surface area is 196 Å². The molecule has 6 nitrogen and oxygen atoms in total. The molecular weight excluding hydrogens is 432 g/mol. The van der Waals surface area contributed by atoms with Gasteiger partial charge in [0.25, 0.3) is 0 Å². The van der Waals surface area contributed by atoms with Crippen molar-refractivity contribution in [3.63, 3.8) is 0 Å². The summed E-state index contributed by atoms with van der Waals surface area (Å²) in [4.78, 5) is 31.5. The fraction of sp³-hybridized carbons (Fsp3) is 0.154. The van der Waals surface area contributed by atoms with E-state index in [4.69, 9.17) is 0 Å². The molecule has 0 aliphatic rings. The molecule has 164 valence electrons. The van der Waals surface area contributed by atoms with Gasteiger partial charge in [0.05, 0.1) is 17.0 Å². The van der Waals surface area contributed by atoms with Crippen molar-refractivity contribution >= 4 is 45.1 Å². The summed E-state index contributed by atoms with van der Waals surface area (Å²) in [7, 11) is 1.92. The number of nitriles is 1. The summed E-state index contributed by atoms with van der Waals surface area (Å²) in [6.07, 6.45) is 1.49. The van der Waals surface area contributed by atoms with Crippen LogP contribution in [0.2, 0.25) is 0 Å². The van der Waals surface area contributed by atoms with Crippen LogP contribution in [0, 0.1) is 11.3 Å². The maximum Gasteiger partial charge on any atom is 0.225 e. The third-order valence-electron chi connectivity index (χ3n) is 5.48. The molecular formula is C26H22N4O2S. The fourth-order valence-corrected chi connectivity index (χ4v) is 4.84. The molecule has 4 aromatic rings. The summed E-state index contributed by atoms with van der Waals surface area (Å²) >= 11 is 1.30. The quantitative estimate of drug-likeness (QED) is 0.220. The van der Waals surface area contributed by atoms with Crippen LogP contribution in [0.4, 0.5) is 5.13 Å². The van der Waals surface area contributed by atoms with E-state index in [2.05, 4.69) is 11.1 Å². The van der Waals surface area contributed by atoms with E-state index in [0.717, 1.165) is 22.2 Å². The lowest BCUT2D eigenvalue weighted by atomic mass is 9.97. The Bertz CT molecular complexity index is 1420. The summed E-state index contributed by atoms with van der Waals surface area (Å²) in [5.41, 5.74) is 3.52. The molecule has 2 aromatic carbocycles. The Kier molecular flexibility index (Phi) is 6.20. The van der Waals surface area contributed by atoms with E-state index in [1.165, 1.54) is 24.3 Å². The number of thiazole rings is 1. The zero-order chi connectivity index (χ0) is 23.5. The van der Waals surface area contributed by atoms with Crippen LogP contribution in [0.5, 0.6) is 0 Å². The number of anilines is 1. The van der Waals surface area contributed by atoms with E-state index in [1.54, 1.807) is 10.3 Å². The van der Waals surface area contributed by atoms with Crippen molar-refractivity contribution in [2.75, 3.05) is 11.4 Å². The summed E-state index contributed by atoms with van der Waals surface area (Å²) in [5.74, 6) is -0.469. The molecule has 0 radical (unpaired) electrons. The highest BCUT2D eigenvalue weighted by atomic mass is 32.1. The minimum Gasteiger partial charge on any atom is -0.343 e. The van der Waals surface area contributed by atoms with Gasteiger partial charge in [-0.15, -0.1) is 11.3 Å². The maximum atomic E-state index is 13.7. The van der Waals surface area contributed by atoms with Crippen LogP contribution in [-0.2, 0) is 11.8 Å². The Morgan fingerprint density at radius 1 is 1.15 bits per heavy atom. The number of hydrogen-bond donors (Lipinski definition) is 0. The van der Waals surface area contributed by atoms with Gasteiger partial charge in [-0.3, -0.25) is 14.5 Å². The topological polar surface area (TPSA) is 79.0 Å². The Morgan fingerprint density at radius 2 is 1.85 bits per heavy atom. The number of carbonyl (C=O) groups is 2. The molecule has 2 aromatic heterocycles. The van der Waals surface area contributed by atoms with Crippen molar-refractivity contribution in [3.05, 3.63) is 76.8 Å². The zero-order valence-electron chi connectivity index (χ0n) is 18.6. The van der Waals surface area contributed by atoms with Crippen LogP contribution in [0.1, 0.15) is 29.9 Å². The molecule has 0 saturated heterocycles. The molecule has 33 heavy (non-hydrogen) atoms. The second kappa shape index (κ2) is 9.23. The number of rotatable bonds is 6. The molecule has 0 fully saturated rings. The van der Waals surface area contributed by atoms with Crippen molar-refractivity contribution < 1.29 is 9.59 Å². The van der Waals surface area contributed by atoms with Gasteiger partial charge in [-0.05, 0) is 24.6 Å². The van der Waals surface area contributed by atoms with Gasteiger partial charge in [-0.2, -0.15) is 5.26 Å². The lowest BCUT2D eigenvalue weighted by Crippen LogP contribution is -2.27. The second-order valence-corrected chi connectivity index (χ2v) is 8.32. The van der Waals surface area contributed by atoms with Gasteiger partial charge >= 0.3 is 0 Å². The molecule has 0 unspecified atom stereocenters. The maximum absolute atomic E-state index is 13.7. The van der Waals surface area contributed by atoms with E-state index < -0.39 is 0 Å². The molecule has 0 spiro atoms. The SMILES string of the molecule is CCN(C(C)=O)c1nc(/C=C(\C#N)C(=O)c2c(-c3ccccc3)n(C)c3ccccc23)cs1. The van der Waals surface area contributed by atoms with E-state index in [0.29, 0.717) is 22.9 Å². The van der Waals surface area contributed by atoms with Crippen molar-refractivity contribution in [1.29, 1.82) is 5.26 Å². The van der Waals surface area contributed by atoms with Crippen LogP contribution in [0.3, 0.4) is 0 Å². The number of aromatic nitrogens is 2. The van der Waals surface area contributed by atoms with E-state index in [9.17, 15) is 14.9 Å². The fourth-order valence-electron chi connectivity index (χ4n) is 3.95. The molecule has 2 heterocycles. The zero-order valence-corrected chi connectivity index (χ0v) is 19.4. The van der Waals surface area contributed by atoms with Gasteiger partial charge in [0, 0.05) is 36.8 Å². The monoisotopic (exact) mass is 454 g/mol. The molecule has 0 aliphatic heterocycles. The third-order valence-corrected chi connectivity index (χ3v) is 6.36. The van der Waals surface area contributed by atoms with Gasteiger partial charge in [-0.25, -0.2) is 4.98 Å². The predicted octanol–water partition coefficient (Wildman–Crippen LogP) is 5.46. The summed E-state index contributed by atoms with van der Waals surface area (Å²) in [6.45, 7) is 3.84. The summed E-state index contributed by atoms with van der Waals surface area (Å²) < 4.78 is 1.99. The first-order chi connectivity index (χ1) is 16.0. The van der Waals surface area contributed by atoms with Crippen LogP contribution in [-0.4, -0.2) is 27.8 Å². The number of allylic oxidation sites excluding steroid dienone is 1. The third kappa shape index (κ3) is 4.09. The van der Waals surface area contributed by atoms with Crippen molar-refractivity contribution in [2.45, 2.75) is 13.8 Å². The Hall–Kier alpha value is -4.02. The van der Waals surface area contributed by atoms with Crippen LogP contribution >= 0.6 is 11.3 Å². The number of para-hydroxylation sites is 1. The lowest BCUT2D eigenvalue weighted by molar-refractivity contribution is -0.116. The average Bonchev–Trinajstić information content (AvgIpc) is 3.40. The molecule has 0 saturated carbocycles. The van der Waals surface area contributed by atoms with E-state index in [1.807, 2.05) is 73.1 Å². The number of nitrogens with zero attached hydrogens (tertiary/aromatic N) is 4. The summed E-state index contributed by atoms with van der Waals surface area (Å²) in [5, 5.41) is 12.9. The van der Waals surface area contributed by atoms with Crippen molar-refractivity contribution in [3.8, 4) is 17.3 Å². The standard InChI is InChI=1S/C26H22N4O2S/c1-4-30(17(2)31)26-28-20(16-33-26)14-19(15-27)25(32)23-21-12-8-9-13-22(21)29(3)24(23)18-10-6-5-7-11-18/h5-14,16H,4H2,1-3H3/b19-14+.